The van der Waals surface area contributed by atoms with Crippen molar-refractivity contribution >= 4 is 18.3 Å². The molecule has 2 rings (SSSR count). The number of benzene rings is 1. The lowest BCUT2D eigenvalue weighted by Crippen LogP contribution is -2.49. The van der Waals surface area contributed by atoms with E-state index in [0.29, 0.717) is 5.92 Å². The van der Waals surface area contributed by atoms with E-state index in [9.17, 15) is 4.79 Å². The van der Waals surface area contributed by atoms with Gasteiger partial charge in [0.2, 0.25) is 5.91 Å². The smallest absolute Gasteiger partial charge is 0.223 e. The first-order chi connectivity index (χ1) is 9.09. The zero-order valence-electron chi connectivity index (χ0n) is 12.5. The standard InChI is InChI=1S/C16H24N2O.ClH/c1-11-5-4-6-12(2)15(11)7-8-18-16(19)13(3)14-9-17-10-14;/h4-6,13-14,17H,7-10H2,1-3H3,(H,18,19);1H. The van der Waals surface area contributed by atoms with Crippen LogP contribution in [0, 0.1) is 25.7 Å². The van der Waals surface area contributed by atoms with Crippen LogP contribution in [0.2, 0.25) is 0 Å². The molecular formula is C16H25ClN2O. The van der Waals surface area contributed by atoms with Crippen molar-refractivity contribution in [3.63, 3.8) is 0 Å². The van der Waals surface area contributed by atoms with E-state index >= 15 is 0 Å². The molecule has 2 N–H and O–H groups in total. The Morgan fingerprint density at radius 2 is 1.95 bits per heavy atom. The van der Waals surface area contributed by atoms with Crippen LogP contribution in [0.25, 0.3) is 0 Å². The zero-order chi connectivity index (χ0) is 13.8. The molecule has 1 amide bonds. The van der Waals surface area contributed by atoms with Gasteiger partial charge in [0.1, 0.15) is 0 Å². The number of halogens is 1. The summed E-state index contributed by atoms with van der Waals surface area (Å²) < 4.78 is 0. The van der Waals surface area contributed by atoms with Crippen LogP contribution in [0.5, 0.6) is 0 Å². The largest absolute Gasteiger partial charge is 0.356 e. The molecule has 0 bridgehead atoms. The van der Waals surface area contributed by atoms with Crippen LogP contribution in [0.3, 0.4) is 0 Å². The van der Waals surface area contributed by atoms with Gasteiger partial charge in [-0.2, -0.15) is 0 Å². The Morgan fingerprint density at radius 1 is 1.35 bits per heavy atom. The normalized spacial score (nSPS) is 15.9. The topological polar surface area (TPSA) is 41.1 Å². The van der Waals surface area contributed by atoms with E-state index in [0.717, 1.165) is 26.1 Å². The molecular weight excluding hydrogens is 272 g/mol. The number of aryl methyl sites for hydroxylation is 2. The second-order valence-corrected chi connectivity index (χ2v) is 5.62. The minimum Gasteiger partial charge on any atom is -0.356 e. The SMILES string of the molecule is Cc1cccc(C)c1CCNC(=O)C(C)C1CNC1.Cl. The lowest BCUT2D eigenvalue weighted by molar-refractivity contribution is -0.126. The number of amides is 1. The molecule has 1 aliphatic rings. The summed E-state index contributed by atoms with van der Waals surface area (Å²) in [5, 5.41) is 6.28. The van der Waals surface area contributed by atoms with Crippen molar-refractivity contribution in [1.82, 2.24) is 10.6 Å². The van der Waals surface area contributed by atoms with Gasteiger partial charge in [0.05, 0.1) is 0 Å². The molecule has 4 heteroatoms. The maximum Gasteiger partial charge on any atom is 0.223 e. The first-order valence-corrected chi connectivity index (χ1v) is 7.13. The number of nitrogens with one attached hydrogen (secondary N) is 2. The lowest BCUT2D eigenvalue weighted by Gasteiger charge is -2.31. The summed E-state index contributed by atoms with van der Waals surface area (Å²) >= 11 is 0. The van der Waals surface area contributed by atoms with E-state index in [-0.39, 0.29) is 24.2 Å². The number of rotatable bonds is 5. The van der Waals surface area contributed by atoms with Crippen molar-refractivity contribution in [2.75, 3.05) is 19.6 Å². The summed E-state index contributed by atoms with van der Waals surface area (Å²) in [5.41, 5.74) is 3.98. The van der Waals surface area contributed by atoms with Crippen LogP contribution in [0.15, 0.2) is 18.2 Å². The van der Waals surface area contributed by atoms with Gasteiger partial charge in [0.25, 0.3) is 0 Å². The Hall–Kier alpha value is -1.06. The number of hydrogen-bond acceptors (Lipinski definition) is 2. The zero-order valence-corrected chi connectivity index (χ0v) is 13.3. The van der Waals surface area contributed by atoms with E-state index < -0.39 is 0 Å². The molecule has 0 aliphatic carbocycles. The van der Waals surface area contributed by atoms with Crippen LogP contribution in [0.4, 0.5) is 0 Å². The Kier molecular flexibility index (Phi) is 6.50. The molecule has 1 fully saturated rings. The second kappa shape index (κ2) is 7.65. The van der Waals surface area contributed by atoms with Gasteiger partial charge in [-0.3, -0.25) is 4.79 Å². The van der Waals surface area contributed by atoms with Gasteiger partial charge < -0.3 is 10.6 Å². The second-order valence-electron chi connectivity index (χ2n) is 5.62. The van der Waals surface area contributed by atoms with Crippen molar-refractivity contribution in [1.29, 1.82) is 0 Å². The molecule has 1 aliphatic heterocycles. The molecule has 1 aromatic rings. The summed E-state index contributed by atoms with van der Waals surface area (Å²) in [6, 6.07) is 6.35. The van der Waals surface area contributed by atoms with Gasteiger partial charge in [-0.25, -0.2) is 0 Å². The van der Waals surface area contributed by atoms with Crippen LogP contribution in [0.1, 0.15) is 23.6 Å². The highest BCUT2D eigenvalue weighted by atomic mass is 35.5. The Balaban J connectivity index is 0.00000200. The van der Waals surface area contributed by atoms with Crippen LogP contribution < -0.4 is 10.6 Å². The first-order valence-electron chi connectivity index (χ1n) is 7.13. The summed E-state index contributed by atoms with van der Waals surface area (Å²) in [6.45, 7) is 8.98. The maximum absolute atomic E-state index is 12.0. The van der Waals surface area contributed by atoms with Gasteiger partial charge in [-0.1, -0.05) is 25.1 Å². The summed E-state index contributed by atoms with van der Waals surface area (Å²) in [5.74, 6) is 0.831. The summed E-state index contributed by atoms with van der Waals surface area (Å²) in [4.78, 5) is 12.0. The minimum absolute atomic E-state index is 0. The van der Waals surface area contributed by atoms with Gasteiger partial charge in [0, 0.05) is 12.5 Å². The number of carbonyl (C=O) groups excluding carboxylic acids is 1. The quantitative estimate of drug-likeness (QED) is 0.875. The van der Waals surface area contributed by atoms with E-state index in [2.05, 4.69) is 42.7 Å². The fraction of sp³-hybridized carbons (Fsp3) is 0.562. The third kappa shape index (κ3) is 3.97. The highest BCUT2D eigenvalue weighted by Crippen LogP contribution is 2.16. The van der Waals surface area contributed by atoms with Crippen molar-refractivity contribution in [3.05, 3.63) is 34.9 Å². The molecule has 1 unspecified atom stereocenters. The average Bonchev–Trinajstić information content (AvgIpc) is 2.30. The Labute approximate surface area is 127 Å². The van der Waals surface area contributed by atoms with Gasteiger partial charge in [-0.05, 0) is 56.0 Å². The molecule has 0 aromatic heterocycles. The van der Waals surface area contributed by atoms with Gasteiger partial charge in [0.15, 0.2) is 0 Å². The van der Waals surface area contributed by atoms with Crippen molar-refractivity contribution in [2.45, 2.75) is 27.2 Å². The monoisotopic (exact) mass is 296 g/mol. The molecule has 20 heavy (non-hydrogen) atoms. The molecule has 0 saturated carbocycles. The fourth-order valence-corrected chi connectivity index (χ4v) is 2.59. The highest BCUT2D eigenvalue weighted by molar-refractivity contribution is 5.85. The third-order valence-corrected chi connectivity index (χ3v) is 4.25. The molecule has 1 aromatic carbocycles. The molecule has 1 atom stereocenters. The van der Waals surface area contributed by atoms with E-state index in [4.69, 9.17) is 0 Å². The van der Waals surface area contributed by atoms with Crippen molar-refractivity contribution < 1.29 is 4.79 Å². The van der Waals surface area contributed by atoms with E-state index in [1.54, 1.807) is 0 Å². The molecule has 1 heterocycles. The average molecular weight is 297 g/mol. The van der Waals surface area contributed by atoms with E-state index in [1.165, 1.54) is 16.7 Å². The third-order valence-electron chi connectivity index (χ3n) is 4.25. The molecule has 112 valence electrons. The molecule has 3 nitrogen and oxygen atoms in total. The maximum atomic E-state index is 12.0. The van der Waals surface area contributed by atoms with Crippen LogP contribution in [-0.2, 0) is 11.2 Å². The predicted octanol–water partition coefficient (Wildman–Crippen LogP) is 2.24. The fourth-order valence-electron chi connectivity index (χ4n) is 2.59. The number of carbonyl (C=O) groups is 1. The van der Waals surface area contributed by atoms with Crippen molar-refractivity contribution in [3.8, 4) is 0 Å². The predicted molar refractivity (Wildman–Crippen MR) is 85.4 cm³/mol. The first kappa shape index (κ1) is 17.0. The molecule has 1 saturated heterocycles. The van der Waals surface area contributed by atoms with Crippen LogP contribution >= 0.6 is 12.4 Å². The molecule has 0 spiro atoms. The van der Waals surface area contributed by atoms with Crippen molar-refractivity contribution in [2.24, 2.45) is 11.8 Å². The van der Waals surface area contributed by atoms with Gasteiger partial charge in [-0.15, -0.1) is 12.4 Å². The van der Waals surface area contributed by atoms with Crippen LogP contribution in [-0.4, -0.2) is 25.5 Å². The summed E-state index contributed by atoms with van der Waals surface area (Å²) in [6.07, 6.45) is 0.917. The minimum atomic E-state index is 0. The number of hydrogen-bond donors (Lipinski definition) is 2. The summed E-state index contributed by atoms with van der Waals surface area (Å²) in [7, 11) is 0. The van der Waals surface area contributed by atoms with E-state index in [1.807, 2.05) is 6.92 Å². The lowest BCUT2D eigenvalue weighted by atomic mass is 9.88. The highest BCUT2D eigenvalue weighted by Gasteiger charge is 2.28. The Bertz CT molecular complexity index is 438. The van der Waals surface area contributed by atoms with Gasteiger partial charge >= 0.3 is 0 Å². The Morgan fingerprint density at radius 3 is 2.45 bits per heavy atom. The molecule has 0 radical (unpaired) electrons.